The maximum Gasteiger partial charge on any atom is 0.404 e. The van der Waals surface area contributed by atoms with Crippen LogP contribution in [0.5, 0.6) is 0 Å². The summed E-state index contributed by atoms with van der Waals surface area (Å²) in [4.78, 5) is 36.6. The van der Waals surface area contributed by atoms with Gasteiger partial charge in [-0.15, -0.1) is 0 Å². The summed E-state index contributed by atoms with van der Waals surface area (Å²) >= 11 is 0. The summed E-state index contributed by atoms with van der Waals surface area (Å²) in [5, 5.41) is 8.49. The van der Waals surface area contributed by atoms with Crippen molar-refractivity contribution >= 4 is 23.7 Å². The topological polar surface area (TPSA) is 123 Å². The highest BCUT2D eigenvalue weighted by molar-refractivity contribution is 5.97. The van der Waals surface area contributed by atoms with Gasteiger partial charge in [-0.2, -0.15) is 0 Å². The van der Waals surface area contributed by atoms with Crippen LogP contribution in [0.25, 0.3) is 0 Å². The number of benzene rings is 3. The van der Waals surface area contributed by atoms with E-state index in [0.29, 0.717) is 18.7 Å². The van der Waals surface area contributed by atoms with Crippen LogP contribution in [0.1, 0.15) is 29.0 Å². The molecule has 3 atom stereocenters. The Labute approximate surface area is 203 Å². The van der Waals surface area contributed by atoms with Crippen molar-refractivity contribution in [1.82, 2.24) is 10.6 Å². The second-order valence-corrected chi connectivity index (χ2v) is 8.48. The molecule has 3 aromatic carbocycles. The lowest BCUT2D eigenvalue weighted by Crippen LogP contribution is -2.49. The quantitative estimate of drug-likeness (QED) is 0.379. The minimum atomic E-state index is -0.773. The zero-order valence-corrected chi connectivity index (χ0v) is 19.1. The van der Waals surface area contributed by atoms with Crippen LogP contribution in [0.15, 0.2) is 84.9 Å². The molecule has 35 heavy (non-hydrogen) atoms. The van der Waals surface area contributed by atoms with Crippen molar-refractivity contribution < 1.29 is 19.1 Å². The van der Waals surface area contributed by atoms with Crippen LogP contribution in [0.2, 0.25) is 0 Å². The monoisotopic (exact) mass is 472 g/mol. The lowest BCUT2D eigenvalue weighted by Gasteiger charge is -2.19. The molecule has 0 saturated heterocycles. The van der Waals surface area contributed by atoms with Crippen molar-refractivity contribution in [2.45, 2.75) is 37.5 Å². The highest BCUT2D eigenvalue weighted by Gasteiger charge is 2.41. The molecule has 1 aliphatic rings. The summed E-state index contributed by atoms with van der Waals surface area (Å²) < 4.78 is 5.02. The predicted octanol–water partition coefficient (Wildman–Crippen LogP) is 3.69. The van der Waals surface area contributed by atoms with Crippen LogP contribution in [-0.2, 0) is 22.5 Å². The van der Waals surface area contributed by atoms with E-state index in [9.17, 15) is 14.4 Å². The molecular formula is C27H28N4O4. The van der Waals surface area contributed by atoms with Crippen molar-refractivity contribution in [2.75, 3.05) is 5.32 Å². The molecule has 0 bridgehead atoms. The van der Waals surface area contributed by atoms with Crippen LogP contribution in [-0.4, -0.2) is 30.2 Å². The van der Waals surface area contributed by atoms with Gasteiger partial charge in [-0.3, -0.25) is 4.79 Å². The SMILES string of the molecule is NC(=O)OC1CC1c1ccc(NC(=O)C(Cc2ccccc2)NC(=O)NCc2ccccc2)cc1. The third-order valence-electron chi connectivity index (χ3n) is 5.81. The van der Waals surface area contributed by atoms with Gasteiger partial charge < -0.3 is 26.4 Å². The van der Waals surface area contributed by atoms with Crippen molar-refractivity contribution in [1.29, 1.82) is 0 Å². The molecule has 1 aliphatic carbocycles. The summed E-state index contributed by atoms with van der Waals surface area (Å²) in [6.45, 7) is 0.357. The fourth-order valence-corrected chi connectivity index (χ4v) is 3.89. The van der Waals surface area contributed by atoms with Crippen molar-refractivity contribution in [2.24, 2.45) is 5.73 Å². The van der Waals surface area contributed by atoms with Gasteiger partial charge in [0.05, 0.1) is 0 Å². The number of primary amides is 1. The number of nitrogens with two attached hydrogens (primary N) is 1. The number of hydrogen-bond acceptors (Lipinski definition) is 4. The minimum Gasteiger partial charge on any atom is -0.446 e. The molecule has 1 fully saturated rings. The summed E-state index contributed by atoms with van der Waals surface area (Å²) in [7, 11) is 0. The van der Waals surface area contributed by atoms with Gasteiger partial charge in [-0.25, -0.2) is 9.59 Å². The Morgan fingerprint density at radius 1 is 0.886 bits per heavy atom. The normalized spacial score (nSPS) is 17.0. The Bertz CT molecular complexity index is 1150. The van der Waals surface area contributed by atoms with Gasteiger partial charge >= 0.3 is 12.1 Å². The molecule has 4 rings (SSSR count). The van der Waals surface area contributed by atoms with Crippen LogP contribution < -0.4 is 21.7 Å². The average molecular weight is 473 g/mol. The Balaban J connectivity index is 1.37. The van der Waals surface area contributed by atoms with E-state index >= 15 is 0 Å². The van der Waals surface area contributed by atoms with E-state index in [-0.39, 0.29) is 17.9 Å². The summed E-state index contributed by atoms with van der Waals surface area (Å²) in [5.41, 5.74) is 8.59. The van der Waals surface area contributed by atoms with Gasteiger partial charge in [0, 0.05) is 24.6 Å². The number of urea groups is 1. The van der Waals surface area contributed by atoms with Gasteiger partial charge in [0.15, 0.2) is 0 Å². The first-order valence-corrected chi connectivity index (χ1v) is 11.5. The van der Waals surface area contributed by atoms with Crippen molar-refractivity contribution in [3.8, 4) is 0 Å². The van der Waals surface area contributed by atoms with Gasteiger partial charge in [0.2, 0.25) is 5.91 Å². The summed E-state index contributed by atoms with van der Waals surface area (Å²) in [5.74, 6) is -0.203. The molecular weight excluding hydrogens is 444 g/mol. The van der Waals surface area contributed by atoms with Crippen LogP contribution in [0.4, 0.5) is 15.3 Å². The van der Waals surface area contributed by atoms with E-state index in [0.717, 1.165) is 23.1 Å². The molecule has 0 radical (unpaired) electrons. The van der Waals surface area contributed by atoms with E-state index in [2.05, 4.69) is 16.0 Å². The number of carbonyl (C=O) groups excluding carboxylic acids is 3. The van der Waals surface area contributed by atoms with Gasteiger partial charge in [-0.1, -0.05) is 72.8 Å². The third kappa shape index (κ3) is 7.07. The minimum absolute atomic E-state index is 0.119. The molecule has 0 aromatic heterocycles. The summed E-state index contributed by atoms with van der Waals surface area (Å²) in [6, 6.07) is 25.2. The smallest absolute Gasteiger partial charge is 0.404 e. The van der Waals surface area contributed by atoms with E-state index in [1.807, 2.05) is 72.8 Å². The fourth-order valence-electron chi connectivity index (χ4n) is 3.89. The Morgan fingerprint density at radius 2 is 1.51 bits per heavy atom. The molecule has 1 saturated carbocycles. The van der Waals surface area contributed by atoms with E-state index in [1.165, 1.54) is 0 Å². The van der Waals surface area contributed by atoms with Crippen molar-refractivity contribution in [3.63, 3.8) is 0 Å². The maximum absolute atomic E-state index is 13.1. The summed E-state index contributed by atoms with van der Waals surface area (Å²) in [6.07, 6.45) is 0.112. The molecule has 3 unspecified atom stereocenters. The molecule has 3 aromatic rings. The number of anilines is 1. The fraction of sp³-hybridized carbons (Fsp3) is 0.222. The standard InChI is InChI=1S/C27H28N4O4/c28-26(33)35-24-16-22(24)20-11-13-21(14-12-20)30-25(32)23(15-18-7-3-1-4-8-18)31-27(34)29-17-19-9-5-2-6-10-19/h1-14,22-24H,15-17H2,(H2,28,33)(H,30,32)(H2,29,31,34). The third-order valence-corrected chi connectivity index (χ3v) is 5.81. The highest BCUT2D eigenvalue weighted by atomic mass is 16.6. The maximum atomic E-state index is 13.1. The molecule has 4 amide bonds. The first-order valence-electron chi connectivity index (χ1n) is 11.5. The number of amides is 4. The molecule has 0 aliphatic heterocycles. The Kier molecular flexibility index (Phi) is 7.62. The highest BCUT2D eigenvalue weighted by Crippen LogP contribution is 2.43. The number of hydrogen-bond donors (Lipinski definition) is 4. The average Bonchev–Trinajstić information content (AvgIpc) is 3.62. The Hall–Kier alpha value is -4.33. The second-order valence-electron chi connectivity index (χ2n) is 8.48. The van der Waals surface area contributed by atoms with E-state index < -0.39 is 18.2 Å². The van der Waals surface area contributed by atoms with Crippen molar-refractivity contribution in [3.05, 3.63) is 102 Å². The largest absolute Gasteiger partial charge is 0.446 e. The zero-order valence-electron chi connectivity index (χ0n) is 19.1. The number of ether oxygens (including phenoxy) is 1. The molecule has 0 heterocycles. The number of nitrogens with one attached hydrogen (secondary N) is 3. The molecule has 0 spiro atoms. The van der Waals surface area contributed by atoms with E-state index in [4.69, 9.17) is 10.5 Å². The van der Waals surface area contributed by atoms with Gasteiger partial charge in [0.25, 0.3) is 0 Å². The van der Waals surface area contributed by atoms with Crippen LogP contribution >= 0.6 is 0 Å². The molecule has 5 N–H and O–H groups in total. The zero-order chi connectivity index (χ0) is 24.6. The van der Waals surface area contributed by atoms with E-state index in [1.54, 1.807) is 12.1 Å². The first-order chi connectivity index (χ1) is 17.0. The predicted molar refractivity (Wildman–Crippen MR) is 133 cm³/mol. The molecule has 8 nitrogen and oxygen atoms in total. The lowest BCUT2D eigenvalue weighted by atomic mass is 10.0. The lowest BCUT2D eigenvalue weighted by molar-refractivity contribution is -0.117. The number of carbonyl (C=O) groups is 3. The van der Waals surface area contributed by atoms with Gasteiger partial charge in [-0.05, 0) is 35.2 Å². The molecule has 8 heteroatoms. The van der Waals surface area contributed by atoms with Gasteiger partial charge in [0.1, 0.15) is 12.1 Å². The molecule has 180 valence electrons. The number of rotatable bonds is 9. The Morgan fingerprint density at radius 3 is 2.14 bits per heavy atom. The van der Waals surface area contributed by atoms with Crippen LogP contribution in [0, 0.1) is 0 Å². The van der Waals surface area contributed by atoms with Crippen LogP contribution in [0.3, 0.4) is 0 Å². The second kappa shape index (κ2) is 11.2. The first kappa shape index (κ1) is 23.8.